The van der Waals surface area contributed by atoms with Crippen molar-refractivity contribution in [3.8, 4) is 0 Å². The van der Waals surface area contributed by atoms with E-state index in [9.17, 15) is 0 Å². The van der Waals surface area contributed by atoms with Crippen LogP contribution in [0.5, 0.6) is 0 Å². The topological polar surface area (TPSA) is 17.8 Å². The van der Waals surface area contributed by atoms with Crippen LogP contribution in [0.2, 0.25) is 0 Å². The maximum Gasteiger partial charge on any atom is 0.0682 e. The quantitative estimate of drug-likeness (QED) is 0.723. The second kappa shape index (κ2) is 3.82. The molecule has 1 aromatic heterocycles. The van der Waals surface area contributed by atoms with E-state index in [2.05, 4.69) is 47.9 Å². The number of para-hydroxylation sites is 1. The van der Waals surface area contributed by atoms with Crippen LogP contribution >= 0.6 is 0 Å². The van der Waals surface area contributed by atoms with Crippen LogP contribution in [0.3, 0.4) is 0 Å². The van der Waals surface area contributed by atoms with E-state index < -0.39 is 0 Å². The molecule has 0 aliphatic heterocycles. The molecule has 2 rings (SSSR count). The van der Waals surface area contributed by atoms with Gasteiger partial charge in [0.05, 0.1) is 11.7 Å². The molecule has 14 heavy (non-hydrogen) atoms. The fourth-order valence-corrected chi connectivity index (χ4v) is 1.58. The highest BCUT2D eigenvalue weighted by Gasteiger charge is 2.01. The first-order valence-corrected chi connectivity index (χ1v) is 5.18. The third-order valence-electron chi connectivity index (χ3n) is 2.47. The number of aryl methyl sites for hydroxylation is 1. The summed E-state index contributed by atoms with van der Waals surface area (Å²) in [6.07, 6.45) is 3.13. The molecule has 0 aliphatic carbocycles. The lowest BCUT2D eigenvalue weighted by atomic mass is 10.1. The molecule has 2 aromatic rings. The Hall–Kier alpha value is -1.31. The highest BCUT2D eigenvalue weighted by Crippen LogP contribution is 2.13. The summed E-state index contributed by atoms with van der Waals surface area (Å²) < 4.78 is 2.09. The fourth-order valence-electron chi connectivity index (χ4n) is 1.58. The van der Waals surface area contributed by atoms with Gasteiger partial charge in [-0.25, -0.2) is 0 Å². The predicted octanol–water partition coefficient (Wildman–Crippen LogP) is 3.08. The van der Waals surface area contributed by atoms with Crippen molar-refractivity contribution in [1.82, 2.24) is 9.78 Å². The number of aromatic nitrogens is 2. The van der Waals surface area contributed by atoms with E-state index in [4.69, 9.17) is 0 Å². The Balaban J connectivity index is 2.25. The molecule has 0 aliphatic rings. The van der Waals surface area contributed by atoms with Gasteiger partial charge in [0.15, 0.2) is 0 Å². The Labute approximate surface area is 84.5 Å². The highest BCUT2D eigenvalue weighted by molar-refractivity contribution is 5.78. The number of hydrogen-bond donors (Lipinski definition) is 0. The van der Waals surface area contributed by atoms with E-state index in [1.807, 2.05) is 6.20 Å². The summed E-state index contributed by atoms with van der Waals surface area (Å²) in [7, 11) is 0. The van der Waals surface area contributed by atoms with E-state index in [0.717, 1.165) is 12.5 Å². The first-order valence-electron chi connectivity index (χ1n) is 5.18. The lowest BCUT2D eigenvalue weighted by molar-refractivity contribution is 0.496. The zero-order valence-corrected chi connectivity index (χ0v) is 8.77. The average molecular weight is 188 g/mol. The van der Waals surface area contributed by atoms with E-state index in [1.165, 1.54) is 17.3 Å². The molecule has 74 valence electrons. The lowest BCUT2D eigenvalue weighted by Crippen LogP contribution is -2.02. The summed E-state index contributed by atoms with van der Waals surface area (Å²) in [5, 5.41) is 5.62. The maximum atomic E-state index is 4.38. The van der Waals surface area contributed by atoms with Crippen molar-refractivity contribution in [2.24, 2.45) is 5.92 Å². The Morgan fingerprint density at radius 2 is 2.07 bits per heavy atom. The maximum absolute atomic E-state index is 4.38. The van der Waals surface area contributed by atoms with Gasteiger partial charge >= 0.3 is 0 Å². The smallest absolute Gasteiger partial charge is 0.0682 e. The summed E-state index contributed by atoms with van der Waals surface area (Å²) in [4.78, 5) is 0. The fraction of sp³-hybridized carbons (Fsp3) is 0.417. The van der Waals surface area contributed by atoms with E-state index in [0.29, 0.717) is 0 Å². The molecule has 2 heteroatoms. The Kier molecular flexibility index (Phi) is 2.53. The Morgan fingerprint density at radius 1 is 1.29 bits per heavy atom. The molecule has 0 bridgehead atoms. The van der Waals surface area contributed by atoms with Crippen LogP contribution in [-0.2, 0) is 6.54 Å². The summed E-state index contributed by atoms with van der Waals surface area (Å²) in [5.41, 5.74) is 1.24. The van der Waals surface area contributed by atoms with Gasteiger partial charge in [-0.2, -0.15) is 5.10 Å². The van der Waals surface area contributed by atoms with Gasteiger partial charge in [-0.15, -0.1) is 0 Å². The summed E-state index contributed by atoms with van der Waals surface area (Å²) >= 11 is 0. The molecule has 0 fully saturated rings. The van der Waals surface area contributed by atoms with Crippen molar-refractivity contribution >= 4 is 10.9 Å². The van der Waals surface area contributed by atoms with Crippen LogP contribution in [0, 0.1) is 5.92 Å². The standard InChI is InChI=1S/C12H16N2/c1-10(2)7-8-14-12-6-4-3-5-11(12)9-13-14/h3-6,9-10H,7-8H2,1-2H3. The van der Waals surface area contributed by atoms with Crippen LogP contribution in [-0.4, -0.2) is 9.78 Å². The number of rotatable bonds is 3. The molecule has 1 aromatic carbocycles. The first kappa shape index (κ1) is 9.25. The Bertz CT molecular complexity index is 415. The molecule has 0 N–H and O–H groups in total. The summed E-state index contributed by atoms with van der Waals surface area (Å²) in [6.45, 7) is 5.50. The van der Waals surface area contributed by atoms with Crippen LogP contribution in [0.15, 0.2) is 30.5 Å². The van der Waals surface area contributed by atoms with E-state index in [-0.39, 0.29) is 0 Å². The normalized spacial score (nSPS) is 11.4. The van der Waals surface area contributed by atoms with Crippen molar-refractivity contribution in [3.63, 3.8) is 0 Å². The largest absolute Gasteiger partial charge is 0.265 e. The molecular formula is C12H16N2. The molecular weight excluding hydrogens is 172 g/mol. The van der Waals surface area contributed by atoms with Crippen LogP contribution in [0.1, 0.15) is 20.3 Å². The van der Waals surface area contributed by atoms with Gasteiger partial charge in [-0.3, -0.25) is 4.68 Å². The number of hydrogen-bond acceptors (Lipinski definition) is 1. The van der Waals surface area contributed by atoms with E-state index in [1.54, 1.807) is 0 Å². The monoisotopic (exact) mass is 188 g/mol. The van der Waals surface area contributed by atoms with Crippen molar-refractivity contribution in [2.45, 2.75) is 26.8 Å². The predicted molar refractivity (Wildman–Crippen MR) is 59.2 cm³/mol. The Morgan fingerprint density at radius 3 is 2.86 bits per heavy atom. The molecule has 0 atom stereocenters. The molecule has 0 radical (unpaired) electrons. The van der Waals surface area contributed by atoms with Crippen molar-refractivity contribution in [3.05, 3.63) is 30.5 Å². The average Bonchev–Trinajstić information content (AvgIpc) is 2.58. The van der Waals surface area contributed by atoms with Crippen molar-refractivity contribution < 1.29 is 0 Å². The number of benzene rings is 1. The summed E-state index contributed by atoms with van der Waals surface area (Å²) in [6, 6.07) is 8.35. The third-order valence-corrected chi connectivity index (χ3v) is 2.47. The minimum absolute atomic E-state index is 0.734. The van der Waals surface area contributed by atoms with Crippen molar-refractivity contribution in [2.75, 3.05) is 0 Å². The van der Waals surface area contributed by atoms with Gasteiger partial charge in [-0.05, 0) is 18.4 Å². The first-order chi connectivity index (χ1) is 6.77. The molecule has 2 nitrogen and oxygen atoms in total. The SMILES string of the molecule is CC(C)CCn1ncc2ccccc21. The molecule has 0 amide bonds. The van der Waals surface area contributed by atoms with Gasteiger partial charge < -0.3 is 0 Å². The van der Waals surface area contributed by atoms with Crippen LogP contribution < -0.4 is 0 Å². The number of fused-ring (bicyclic) bond motifs is 1. The second-order valence-corrected chi connectivity index (χ2v) is 4.11. The molecule has 1 heterocycles. The molecule has 0 saturated carbocycles. The van der Waals surface area contributed by atoms with Gasteiger partial charge in [0.25, 0.3) is 0 Å². The molecule has 0 spiro atoms. The van der Waals surface area contributed by atoms with Crippen molar-refractivity contribution in [1.29, 1.82) is 0 Å². The van der Waals surface area contributed by atoms with Gasteiger partial charge in [0, 0.05) is 11.9 Å². The zero-order chi connectivity index (χ0) is 9.97. The van der Waals surface area contributed by atoms with Crippen LogP contribution in [0.25, 0.3) is 10.9 Å². The molecule has 0 unspecified atom stereocenters. The van der Waals surface area contributed by atoms with Gasteiger partial charge in [0.2, 0.25) is 0 Å². The second-order valence-electron chi connectivity index (χ2n) is 4.11. The highest BCUT2D eigenvalue weighted by atomic mass is 15.3. The van der Waals surface area contributed by atoms with E-state index >= 15 is 0 Å². The van der Waals surface area contributed by atoms with Gasteiger partial charge in [-0.1, -0.05) is 32.0 Å². The van der Waals surface area contributed by atoms with Gasteiger partial charge in [0.1, 0.15) is 0 Å². The van der Waals surface area contributed by atoms with Crippen LogP contribution in [0.4, 0.5) is 0 Å². The third kappa shape index (κ3) is 1.79. The summed E-state index contributed by atoms with van der Waals surface area (Å²) in [5.74, 6) is 0.734. The minimum Gasteiger partial charge on any atom is -0.265 e. The minimum atomic E-state index is 0.734. The molecule has 0 saturated heterocycles. The lowest BCUT2D eigenvalue weighted by Gasteiger charge is -2.05. The number of nitrogens with zero attached hydrogens (tertiary/aromatic N) is 2. The zero-order valence-electron chi connectivity index (χ0n) is 8.77.